The highest BCUT2D eigenvalue weighted by Crippen LogP contribution is 2.44. The van der Waals surface area contributed by atoms with Crippen molar-refractivity contribution in [2.75, 3.05) is 6.54 Å². The third-order valence-corrected chi connectivity index (χ3v) is 5.16. The van der Waals surface area contributed by atoms with Gasteiger partial charge in [0.2, 0.25) is 0 Å². The Morgan fingerprint density at radius 1 is 1.14 bits per heavy atom. The molecule has 1 N–H and O–H groups in total. The molecule has 2 bridgehead atoms. The molecule has 2 fully saturated rings. The summed E-state index contributed by atoms with van der Waals surface area (Å²) >= 11 is 0. The van der Waals surface area contributed by atoms with Crippen LogP contribution in [0.1, 0.15) is 69.5 Å². The van der Waals surface area contributed by atoms with Crippen molar-refractivity contribution >= 4 is 0 Å². The molecule has 2 aliphatic rings. The summed E-state index contributed by atoms with van der Waals surface area (Å²) in [6.07, 6.45) is 5.95. The van der Waals surface area contributed by atoms with Crippen molar-refractivity contribution < 1.29 is 4.74 Å². The molecule has 2 aliphatic heterocycles. The predicted octanol–water partition coefficient (Wildman–Crippen LogP) is 4.42. The minimum atomic E-state index is 0.460. The van der Waals surface area contributed by atoms with E-state index < -0.39 is 0 Å². The summed E-state index contributed by atoms with van der Waals surface area (Å²) in [5, 5.41) is 3.78. The van der Waals surface area contributed by atoms with Crippen LogP contribution in [0.3, 0.4) is 0 Å². The van der Waals surface area contributed by atoms with E-state index in [1.807, 2.05) is 0 Å². The molecular formula is C19H29NO. The maximum Gasteiger partial charge on any atom is 0.0627 e. The molecule has 1 aromatic carbocycles. The number of rotatable bonds is 6. The SMILES string of the molecule is CCCNC(c1ccc(C(C)C)cc1)C1CC2CCC1O2. The zero-order valence-electron chi connectivity index (χ0n) is 13.6. The van der Waals surface area contributed by atoms with Gasteiger partial charge in [-0.3, -0.25) is 0 Å². The van der Waals surface area contributed by atoms with Crippen LogP contribution in [0.15, 0.2) is 24.3 Å². The Hall–Kier alpha value is -0.860. The Morgan fingerprint density at radius 2 is 1.86 bits per heavy atom. The average molecular weight is 287 g/mol. The predicted molar refractivity (Wildman–Crippen MR) is 87.6 cm³/mol. The summed E-state index contributed by atoms with van der Waals surface area (Å²) in [5.74, 6) is 1.26. The Kier molecular flexibility index (Phi) is 4.66. The third-order valence-electron chi connectivity index (χ3n) is 5.16. The zero-order valence-corrected chi connectivity index (χ0v) is 13.6. The molecule has 116 valence electrons. The molecule has 2 saturated heterocycles. The summed E-state index contributed by atoms with van der Waals surface area (Å²) in [4.78, 5) is 0. The lowest BCUT2D eigenvalue weighted by Gasteiger charge is -2.30. The van der Waals surface area contributed by atoms with Gasteiger partial charge in [0, 0.05) is 12.0 Å². The molecule has 0 aliphatic carbocycles. The molecule has 21 heavy (non-hydrogen) atoms. The van der Waals surface area contributed by atoms with Crippen molar-refractivity contribution in [3.8, 4) is 0 Å². The number of hydrogen-bond donors (Lipinski definition) is 1. The first kappa shape index (κ1) is 15.1. The Labute approximate surface area is 129 Å². The summed E-state index contributed by atoms with van der Waals surface area (Å²) in [7, 11) is 0. The summed E-state index contributed by atoms with van der Waals surface area (Å²) in [6.45, 7) is 7.84. The number of hydrogen-bond acceptors (Lipinski definition) is 2. The summed E-state index contributed by atoms with van der Waals surface area (Å²) < 4.78 is 6.09. The second-order valence-corrected chi connectivity index (χ2v) is 7.03. The number of benzene rings is 1. The van der Waals surface area contributed by atoms with Crippen LogP contribution in [0.25, 0.3) is 0 Å². The second kappa shape index (κ2) is 6.50. The third kappa shape index (κ3) is 3.17. The van der Waals surface area contributed by atoms with E-state index >= 15 is 0 Å². The van der Waals surface area contributed by atoms with Gasteiger partial charge in [-0.15, -0.1) is 0 Å². The first-order chi connectivity index (χ1) is 10.2. The van der Waals surface area contributed by atoms with Gasteiger partial charge in [-0.05, 0) is 49.3 Å². The Bertz CT molecular complexity index is 453. The number of fused-ring (bicyclic) bond motifs is 2. The van der Waals surface area contributed by atoms with Gasteiger partial charge in [-0.2, -0.15) is 0 Å². The highest BCUT2D eigenvalue weighted by molar-refractivity contribution is 5.28. The van der Waals surface area contributed by atoms with Gasteiger partial charge >= 0.3 is 0 Å². The van der Waals surface area contributed by atoms with Crippen LogP contribution >= 0.6 is 0 Å². The van der Waals surface area contributed by atoms with Gasteiger partial charge in [0.15, 0.2) is 0 Å². The Balaban J connectivity index is 1.78. The largest absolute Gasteiger partial charge is 0.375 e. The molecule has 3 rings (SSSR count). The van der Waals surface area contributed by atoms with E-state index in [4.69, 9.17) is 4.74 Å². The maximum atomic E-state index is 6.09. The van der Waals surface area contributed by atoms with Crippen LogP contribution in [-0.2, 0) is 4.74 Å². The van der Waals surface area contributed by atoms with Gasteiger partial charge in [-0.1, -0.05) is 45.0 Å². The number of nitrogens with one attached hydrogen (secondary N) is 1. The molecule has 0 amide bonds. The first-order valence-electron chi connectivity index (χ1n) is 8.67. The highest BCUT2D eigenvalue weighted by atomic mass is 16.5. The van der Waals surface area contributed by atoms with Crippen molar-refractivity contribution in [2.45, 2.75) is 70.6 Å². The molecule has 2 nitrogen and oxygen atoms in total. The lowest BCUT2D eigenvalue weighted by atomic mass is 9.80. The van der Waals surface area contributed by atoms with Gasteiger partial charge in [-0.25, -0.2) is 0 Å². The quantitative estimate of drug-likeness (QED) is 0.836. The van der Waals surface area contributed by atoms with Crippen LogP contribution in [-0.4, -0.2) is 18.8 Å². The van der Waals surface area contributed by atoms with E-state index in [0.717, 1.165) is 6.54 Å². The van der Waals surface area contributed by atoms with Gasteiger partial charge < -0.3 is 10.1 Å². The van der Waals surface area contributed by atoms with Crippen LogP contribution in [0.2, 0.25) is 0 Å². The topological polar surface area (TPSA) is 21.3 Å². The molecule has 4 atom stereocenters. The molecule has 0 saturated carbocycles. The van der Waals surface area contributed by atoms with Crippen LogP contribution in [0.5, 0.6) is 0 Å². The molecule has 2 heterocycles. The smallest absolute Gasteiger partial charge is 0.0627 e. The van der Waals surface area contributed by atoms with Gasteiger partial charge in [0.25, 0.3) is 0 Å². The van der Waals surface area contributed by atoms with E-state index in [0.29, 0.717) is 30.1 Å². The van der Waals surface area contributed by atoms with Crippen molar-refractivity contribution in [3.05, 3.63) is 35.4 Å². The second-order valence-electron chi connectivity index (χ2n) is 7.03. The molecule has 2 heteroatoms. The van der Waals surface area contributed by atoms with E-state index in [-0.39, 0.29) is 0 Å². The van der Waals surface area contributed by atoms with Crippen molar-refractivity contribution in [1.82, 2.24) is 5.32 Å². The van der Waals surface area contributed by atoms with Crippen molar-refractivity contribution in [2.24, 2.45) is 5.92 Å². The minimum absolute atomic E-state index is 0.460. The highest BCUT2D eigenvalue weighted by Gasteiger charge is 2.44. The molecule has 0 aromatic heterocycles. The summed E-state index contributed by atoms with van der Waals surface area (Å²) in [6, 6.07) is 9.72. The molecule has 4 unspecified atom stereocenters. The van der Waals surface area contributed by atoms with E-state index in [2.05, 4.69) is 50.4 Å². The van der Waals surface area contributed by atoms with E-state index in [1.165, 1.54) is 36.8 Å². The molecule has 1 aromatic rings. The van der Waals surface area contributed by atoms with Crippen molar-refractivity contribution in [3.63, 3.8) is 0 Å². The zero-order chi connectivity index (χ0) is 14.8. The van der Waals surface area contributed by atoms with Crippen LogP contribution in [0.4, 0.5) is 0 Å². The minimum Gasteiger partial charge on any atom is -0.375 e. The standard InChI is InChI=1S/C19H29NO/c1-4-11-20-19(17-12-16-9-10-18(17)21-16)15-7-5-14(6-8-15)13(2)3/h5-8,13,16-20H,4,9-12H2,1-3H3. The lowest BCUT2D eigenvalue weighted by molar-refractivity contribution is 0.0857. The number of ether oxygens (including phenoxy) is 1. The van der Waals surface area contributed by atoms with Gasteiger partial charge in [0.1, 0.15) is 0 Å². The fourth-order valence-corrected chi connectivity index (χ4v) is 3.93. The van der Waals surface area contributed by atoms with Gasteiger partial charge in [0.05, 0.1) is 12.2 Å². The van der Waals surface area contributed by atoms with E-state index in [1.54, 1.807) is 0 Å². The monoisotopic (exact) mass is 287 g/mol. The fraction of sp³-hybridized carbons (Fsp3) is 0.684. The first-order valence-corrected chi connectivity index (χ1v) is 8.67. The summed E-state index contributed by atoms with van der Waals surface area (Å²) in [5.41, 5.74) is 2.87. The molecule has 0 radical (unpaired) electrons. The van der Waals surface area contributed by atoms with E-state index in [9.17, 15) is 0 Å². The molecule has 0 spiro atoms. The normalized spacial score (nSPS) is 29.2. The lowest BCUT2D eigenvalue weighted by Crippen LogP contribution is -2.34. The van der Waals surface area contributed by atoms with Crippen molar-refractivity contribution in [1.29, 1.82) is 0 Å². The molecular weight excluding hydrogens is 258 g/mol. The van der Waals surface area contributed by atoms with Crippen LogP contribution < -0.4 is 5.32 Å². The van der Waals surface area contributed by atoms with Crippen LogP contribution in [0, 0.1) is 5.92 Å². The fourth-order valence-electron chi connectivity index (χ4n) is 3.93. The maximum absolute atomic E-state index is 6.09. The average Bonchev–Trinajstić information content (AvgIpc) is 3.11. The Morgan fingerprint density at radius 3 is 2.38 bits per heavy atom.